The number of ether oxygens (including phenoxy) is 1. The fraction of sp³-hybridized carbons (Fsp3) is 0.571. The molecule has 1 aromatic rings. The molecule has 7 rings (SSSR count). The Morgan fingerprint density at radius 2 is 2.23 bits per heavy atom. The van der Waals surface area contributed by atoms with Crippen LogP contribution in [0.25, 0.3) is 0 Å². The normalized spacial score (nSPS) is 44.6. The summed E-state index contributed by atoms with van der Waals surface area (Å²) in [6.45, 7) is 2.88. The zero-order valence-electron chi connectivity index (χ0n) is 14.7. The Balaban J connectivity index is 1.55. The number of amides is 1. The average molecular weight is 349 g/mol. The number of carbonyl (C=O) groups is 1. The van der Waals surface area contributed by atoms with Gasteiger partial charge in [-0.2, -0.15) is 0 Å². The molecule has 5 nitrogen and oxygen atoms in total. The van der Waals surface area contributed by atoms with Crippen molar-refractivity contribution >= 4 is 17.3 Å². The van der Waals surface area contributed by atoms with Crippen molar-refractivity contribution in [3.8, 4) is 0 Å². The van der Waals surface area contributed by atoms with E-state index in [-0.39, 0.29) is 23.5 Å². The molecule has 1 spiro atoms. The molecule has 1 aliphatic carbocycles. The molecule has 5 aliphatic heterocycles. The summed E-state index contributed by atoms with van der Waals surface area (Å²) in [6.07, 6.45) is 5.25. The summed E-state index contributed by atoms with van der Waals surface area (Å²) in [4.78, 5) is 18.1. The lowest BCUT2D eigenvalue weighted by atomic mass is 9.53. The van der Waals surface area contributed by atoms with Gasteiger partial charge in [0, 0.05) is 35.3 Å². The fourth-order valence-electron chi connectivity index (χ4n) is 7.57. The van der Waals surface area contributed by atoms with Crippen LogP contribution in [0.5, 0.6) is 0 Å². The van der Waals surface area contributed by atoms with Crippen LogP contribution in [0.3, 0.4) is 0 Å². The van der Waals surface area contributed by atoms with E-state index in [1.165, 1.54) is 12.0 Å². The summed E-state index contributed by atoms with van der Waals surface area (Å²) in [5.41, 5.74) is 11.1. The van der Waals surface area contributed by atoms with Crippen LogP contribution in [0.1, 0.15) is 24.8 Å². The molecule has 1 saturated carbocycles. The second kappa shape index (κ2) is 4.34. The lowest BCUT2D eigenvalue weighted by Crippen LogP contribution is -2.69. The van der Waals surface area contributed by atoms with Gasteiger partial charge in [0.15, 0.2) is 0 Å². The SMILES string of the molecule is Nc1ccc2c(c1)[C@]13CCN4CC5=CCO[C@@H]6CC(=O)N2[C@@H]1[C@@H]6[C@H]5C[C@H]43. The van der Waals surface area contributed by atoms with Crippen LogP contribution < -0.4 is 10.6 Å². The van der Waals surface area contributed by atoms with Gasteiger partial charge in [-0.3, -0.25) is 9.69 Å². The molecule has 5 heteroatoms. The van der Waals surface area contributed by atoms with E-state index >= 15 is 0 Å². The smallest absolute Gasteiger partial charge is 0.229 e. The number of benzene rings is 1. The first-order valence-electron chi connectivity index (χ1n) is 9.95. The van der Waals surface area contributed by atoms with Crippen molar-refractivity contribution < 1.29 is 9.53 Å². The van der Waals surface area contributed by atoms with E-state index in [0.29, 0.717) is 30.9 Å². The molecule has 3 saturated heterocycles. The van der Waals surface area contributed by atoms with Crippen molar-refractivity contribution in [1.29, 1.82) is 0 Å². The Bertz CT molecular complexity index is 895. The predicted octanol–water partition coefficient (Wildman–Crippen LogP) is 1.67. The minimum absolute atomic E-state index is 0.0411. The number of hydrogen-bond acceptors (Lipinski definition) is 4. The highest BCUT2D eigenvalue weighted by Crippen LogP contribution is 2.65. The molecule has 0 unspecified atom stereocenters. The van der Waals surface area contributed by atoms with Crippen LogP contribution in [-0.2, 0) is 14.9 Å². The molecule has 6 atom stereocenters. The van der Waals surface area contributed by atoms with E-state index in [2.05, 4.69) is 28.0 Å². The molecule has 2 bridgehead atoms. The van der Waals surface area contributed by atoms with Gasteiger partial charge < -0.3 is 15.4 Å². The molecule has 0 radical (unpaired) electrons. The zero-order chi connectivity index (χ0) is 17.2. The number of carbonyl (C=O) groups excluding carboxylic acids is 1. The molecular formula is C21H23N3O2. The van der Waals surface area contributed by atoms with E-state index in [4.69, 9.17) is 10.5 Å². The van der Waals surface area contributed by atoms with Gasteiger partial charge in [0.25, 0.3) is 0 Å². The molecule has 134 valence electrons. The summed E-state index contributed by atoms with van der Waals surface area (Å²) in [5.74, 6) is 1.23. The van der Waals surface area contributed by atoms with Crippen LogP contribution >= 0.6 is 0 Å². The van der Waals surface area contributed by atoms with Gasteiger partial charge in [-0.15, -0.1) is 0 Å². The number of nitrogens with zero attached hydrogens (tertiary/aromatic N) is 2. The Kier molecular flexibility index (Phi) is 2.38. The van der Waals surface area contributed by atoms with Crippen LogP contribution in [-0.4, -0.2) is 48.7 Å². The number of rotatable bonds is 0. The van der Waals surface area contributed by atoms with E-state index in [9.17, 15) is 4.79 Å². The Morgan fingerprint density at radius 3 is 3.15 bits per heavy atom. The largest absolute Gasteiger partial charge is 0.399 e. The highest BCUT2D eigenvalue weighted by atomic mass is 16.5. The molecule has 2 N–H and O–H groups in total. The Hall–Kier alpha value is -1.85. The first-order valence-corrected chi connectivity index (χ1v) is 9.95. The topological polar surface area (TPSA) is 58.8 Å². The number of anilines is 2. The predicted molar refractivity (Wildman–Crippen MR) is 97.8 cm³/mol. The monoisotopic (exact) mass is 349 g/mol. The molecule has 1 aromatic carbocycles. The molecular weight excluding hydrogens is 326 g/mol. The maximum absolute atomic E-state index is 13.2. The first-order chi connectivity index (χ1) is 12.7. The average Bonchev–Trinajstić information content (AvgIpc) is 3.09. The van der Waals surface area contributed by atoms with Gasteiger partial charge in [0.2, 0.25) is 5.91 Å². The third-order valence-corrected chi connectivity index (χ3v) is 8.33. The quantitative estimate of drug-likeness (QED) is 0.572. The number of piperidine rings is 2. The summed E-state index contributed by atoms with van der Waals surface area (Å²) >= 11 is 0. The third-order valence-electron chi connectivity index (χ3n) is 8.33. The van der Waals surface area contributed by atoms with Crippen molar-refractivity contribution in [1.82, 2.24) is 4.90 Å². The second-order valence-electron chi connectivity index (χ2n) is 9.04. The van der Waals surface area contributed by atoms with Gasteiger partial charge in [0.1, 0.15) is 0 Å². The Labute approximate surface area is 152 Å². The van der Waals surface area contributed by atoms with Crippen LogP contribution in [0.2, 0.25) is 0 Å². The zero-order valence-corrected chi connectivity index (χ0v) is 14.7. The molecule has 0 aromatic heterocycles. The maximum atomic E-state index is 13.2. The van der Waals surface area contributed by atoms with Gasteiger partial charge >= 0.3 is 0 Å². The third kappa shape index (κ3) is 1.37. The minimum Gasteiger partial charge on any atom is -0.399 e. The van der Waals surface area contributed by atoms with Crippen molar-refractivity contribution in [2.75, 3.05) is 30.3 Å². The lowest BCUT2D eigenvalue weighted by molar-refractivity contribution is -0.132. The second-order valence-corrected chi connectivity index (χ2v) is 9.04. The van der Waals surface area contributed by atoms with E-state index < -0.39 is 0 Å². The van der Waals surface area contributed by atoms with Crippen LogP contribution in [0, 0.1) is 11.8 Å². The first kappa shape index (κ1) is 14.2. The van der Waals surface area contributed by atoms with Crippen LogP contribution in [0.4, 0.5) is 11.4 Å². The number of nitrogens with two attached hydrogens (primary N) is 1. The Morgan fingerprint density at radius 1 is 1.31 bits per heavy atom. The summed E-state index contributed by atoms with van der Waals surface area (Å²) < 4.78 is 6.25. The lowest BCUT2D eigenvalue weighted by Gasteiger charge is -2.58. The van der Waals surface area contributed by atoms with Gasteiger partial charge in [-0.25, -0.2) is 0 Å². The molecule has 26 heavy (non-hydrogen) atoms. The number of nitrogen functional groups attached to an aromatic ring is 1. The number of fused-ring (bicyclic) bond motifs is 2. The maximum Gasteiger partial charge on any atom is 0.229 e. The van der Waals surface area contributed by atoms with E-state index in [1.807, 2.05) is 6.07 Å². The molecule has 4 fully saturated rings. The van der Waals surface area contributed by atoms with Crippen molar-refractivity contribution in [3.63, 3.8) is 0 Å². The molecule has 5 heterocycles. The highest BCUT2D eigenvalue weighted by molar-refractivity contribution is 5.99. The van der Waals surface area contributed by atoms with Crippen molar-refractivity contribution in [2.45, 2.75) is 42.9 Å². The van der Waals surface area contributed by atoms with Crippen LogP contribution in [0.15, 0.2) is 29.8 Å². The van der Waals surface area contributed by atoms with Gasteiger partial charge in [-0.1, -0.05) is 11.6 Å². The summed E-state index contributed by atoms with van der Waals surface area (Å²) in [6, 6.07) is 6.99. The van der Waals surface area contributed by atoms with Crippen molar-refractivity contribution in [2.24, 2.45) is 11.8 Å². The number of hydrogen-bond donors (Lipinski definition) is 1. The standard InChI is InChI=1S/C21H23N3O2/c22-12-1-2-15-14(7-12)21-4-5-23-10-11-3-6-26-16-9-18(25)24(15)20(21)19(16)13(11)8-17(21)23/h1-3,7,13,16-17,19-20H,4-6,8-10,22H2/t13-,16+,17-,19+,20+,21-/m0/s1. The molecule has 6 aliphatic rings. The van der Waals surface area contributed by atoms with Gasteiger partial charge in [0.05, 0.1) is 25.2 Å². The van der Waals surface area contributed by atoms with Gasteiger partial charge in [-0.05, 0) is 49.1 Å². The van der Waals surface area contributed by atoms with Crippen molar-refractivity contribution in [3.05, 3.63) is 35.4 Å². The summed E-state index contributed by atoms with van der Waals surface area (Å²) in [7, 11) is 0. The van der Waals surface area contributed by atoms with E-state index in [1.54, 1.807) is 5.57 Å². The minimum atomic E-state index is 0.0411. The molecule has 1 amide bonds. The fourth-order valence-corrected chi connectivity index (χ4v) is 7.57. The highest BCUT2D eigenvalue weighted by Gasteiger charge is 2.70. The van der Waals surface area contributed by atoms with E-state index in [0.717, 1.165) is 30.9 Å². The summed E-state index contributed by atoms with van der Waals surface area (Å²) in [5, 5.41) is 0.